The SMILES string of the molecule is Cc1cc(C(F)(F)C(=O)OCc2ccccc2)ncc1N1CC2(CCC(c3ccc(Cl)s3)(N(C)C)CC2)NC1=O. The predicted octanol–water partition coefficient (Wildman–Crippen LogP) is 6.24. The van der Waals surface area contributed by atoms with E-state index in [1.165, 1.54) is 11.1 Å². The fourth-order valence-corrected chi connectivity index (χ4v) is 7.10. The van der Waals surface area contributed by atoms with Gasteiger partial charge in [-0.25, -0.2) is 9.59 Å². The van der Waals surface area contributed by atoms with Crippen LogP contribution < -0.4 is 10.2 Å². The maximum atomic E-state index is 14.9. The zero-order chi connectivity index (χ0) is 28.7. The van der Waals surface area contributed by atoms with Gasteiger partial charge in [0, 0.05) is 4.88 Å². The molecule has 1 aliphatic heterocycles. The number of urea groups is 1. The van der Waals surface area contributed by atoms with Gasteiger partial charge in [0.2, 0.25) is 0 Å². The van der Waals surface area contributed by atoms with Gasteiger partial charge in [0.1, 0.15) is 12.3 Å². The summed E-state index contributed by atoms with van der Waals surface area (Å²) in [6.07, 6.45) is 4.40. The first-order valence-electron chi connectivity index (χ1n) is 13.0. The van der Waals surface area contributed by atoms with Crippen LogP contribution in [-0.4, -0.2) is 48.1 Å². The quantitative estimate of drug-likeness (QED) is 0.331. The van der Waals surface area contributed by atoms with E-state index in [1.807, 2.05) is 6.07 Å². The van der Waals surface area contributed by atoms with Crippen LogP contribution in [0.4, 0.5) is 19.3 Å². The number of carbonyl (C=O) groups excluding carboxylic acids is 2. The van der Waals surface area contributed by atoms with E-state index >= 15 is 0 Å². The lowest BCUT2D eigenvalue weighted by molar-refractivity contribution is -0.175. The molecule has 0 bridgehead atoms. The third-order valence-electron chi connectivity index (χ3n) is 8.16. The molecule has 3 aromatic rings. The molecule has 212 valence electrons. The number of esters is 1. The first-order valence-corrected chi connectivity index (χ1v) is 14.2. The van der Waals surface area contributed by atoms with Crippen LogP contribution in [0, 0.1) is 6.92 Å². The van der Waals surface area contributed by atoms with Crippen LogP contribution in [0.2, 0.25) is 4.34 Å². The van der Waals surface area contributed by atoms with E-state index in [-0.39, 0.29) is 18.2 Å². The summed E-state index contributed by atoms with van der Waals surface area (Å²) in [6.45, 7) is 1.76. The smallest absolute Gasteiger partial charge is 0.384 e. The van der Waals surface area contributed by atoms with Crippen molar-refractivity contribution in [3.63, 3.8) is 0 Å². The van der Waals surface area contributed by atoms with E-state index in [2.05, 4.69) is 35.4 Å². The largest absolute Gasteiger partial charge is 0.456 e. The summed E-state index contributed by atoms with van der Waals surface area (Å²) >= 11 is 7.83. The van der Waals surface area contributed by atoms with E-state index in [0.29, 0.717) is 23.4 Å². The zero-order valence-electron chi connectivity index (χ0n) is 22.5. The van der Waals surface area contributed by atoms with Gasteiger partial charge in [0.15, 0.2) is 0 Å². The number of thiophene rings is 1. The molecule has 2 fully saturated rings. The Kier molecular flexibility index (Phi) is 7.62. The van der Waals surface area contributed by atoms with Crippen molar-refractivity contribution in [2.75, 3.05) is 25.5 Å². The molecule has 1 aromatic carbocycles. The Balaban J connectivity index is 1.29. The molecule has 0 unspecified atom stereocenters. The van der Waals surface area contributed by atoms with E-state index in [0.717, 1.165) is 36.1 Å². The number of pyridine rings is 1. The van der Waals surface area contributed by atoms with Crippen molar-refractivity contribution in [1.82, 2.24) is 15.2 Å². The highest BCUT2D eigenvalue weighted by Crippen LogP contribution is 2.49. The van der Waals surface area contributed by atoms with Gasteiger partial charge >= 0.3 is 17.9 Å². The van der Waals surface area contributed by atoms with Crippen LogP contribution >= 0.6 is 22.9 Å². The zero-order valence-corrected chi connectivity index (χ0v) is 24.1. The maximum absolute atomic E-state index is 14.9. The Hall–Kier alpha value is -3.08. The van der Waals surface area contributed by atoms with Crippen molar-refractivity contribution in [2.45, 2.75) is 56.2 Å². The molecule has 0 radical (unpaired) electrons. The molecule has 1 saturated heterocycles. The van der Waals surface area contributed by atoms with Crippen LogP contribution in [0.15, 0.2) is 54.7 Å². The third kappa shape index (κ3) is 5.20. The Morgan fingerprint density at radius 2 is 1.88 bits per heavy atom. The van der Waals surface area contributed by atoms with Gasteiger partial charge in [-0.05, 0) is 76.0 Å². The lowest BCUT2D eigenvalue weighted by Crippen LogP contribution is -2.53. The first kappa shape index (κ1) is 28.4. The number of aryl methyl sites for hydroxylation is 1. The summed E-state index contributed by atoms with van der Waals surface area (Å²) in [5, 5.41) is 3.17. The summed E-state index contributed by atoms with van der Waals surface area (Å²) in [4.78, 5) is 34.3. The molecule has 2 aliphatic rings. The van der Waals surface area contributed by atoms with Crippen molar-refractivity contribution < 1.29 is 23.1 Å². The Labute approximate surface area is 241 Å². The second-order valence-electron chi connectivity index (χ2n) is 10.8. The second-order valence-corrected chi connectivity index (χ2v) is 12.5. The van der Waals surface area contributed by atoms with E-state index in [1.54, 1.807) is 53.5 Å². The second kappa shape index (κ2) is 10.7. The number of hydrogen-bond donors (Lipinski definition) is 1. The van der Waals surface area contributed by atoms with Crippen LogP contribution in [0.3, 0.4) is 0 Å². The number of anilines is 1. The molecule has 1 aliphatic carbocycles. The summed E-state index contributed by atoms with van der Waals surface area (Å²) in [5.41, 5.74) is 0.129. The minimum Gasteiger partial charge on any atom is -0.456 e. The highest BCUT2D eigenvalue weighted by atomic mass is 35.5. The van der Waals surface area contributed by atoms with Gasteiger partial charge < -0.3 is 10.1 Å². The molecular formula is C29H31ClF2N4O3S. The number of rotatable bonds is 7. The minimum absolute atomic E-state index is 0.166. The monoisotopic (exact) mass is 588 g/mol. The number of benzene rings is 1. The van der Waals surface area contributed by atoms with Crippen molar-refractivity contribution >= 4 is 40.6 Å². The molecule has 2 amide bonds. The standard InChI is InChI=1S/C29H31ClF2N4O3S/c1-19-15-22(29(31,32)25(37)39-17-20-7-5-4-6-8-20)33-16-21(19)36-18-27(34-26(36)38)11-13-28(14-12-27,35(2)3)23-9-10-24(30)40-23/h4-10,15-16H,11-14,17-18H2,1-3H3,(H,34,38). The Morgan fingerprint density at radius 3 is 2.48 bits per heavy atom. The van der Waals surface area contributed by atoms with Gasteiger partial charge in [-0.1, -0.05) is 41.9 Å². The van der Waals surface area contributed by atoms with Crippen LogP contribution in [0.5, 0.6) is 0 Å². The van der Waals surface area contributed by atoms with Crippen LogP contribution in [0.1, 0.15) is 47.4 Å². The van der Waals surface area contributed by atoms with Gasteiger partial charge in [0.25, 0.3) is 0 Å². The van der Waals surface area contributed by atoms with Crippen molar-refractivity contribution in [3.8, 4) is 0 Å². The molecule has 11 heteroatoms. The highest BCUT2D eigenvalue weighted by Gasteiger charge is 2.51. The van der Waals surface area contributed by atoms with Crippen LogP contribution in [0.25, 0.3) is 0 Å². The number of halogens is 3. The number of amides is 2. The molecule has 5 rings (SSSR count). The predicted molar refractivity (Wildman–Crippen MR) is 151 cm³/mol. The average molecular weight is 589 g/mol. The summed E-state index contributed by atoms with van der Waals surface area (Å²) in [7, 11) is 4.13. The summed E-state index contributed by atoms with van der Waals surface area (Å²) < 4.78 is 35.5. The minimum atomic E-state index is -3.93. The number of nitrogens with zero attached hydrogens (tertiary/aromatic N) is 3. The summed E-state index contributed by atoms with van der Waals surface area (Å²) in [5.74, 6) is -5.61. The average Bonchev–Trinajstić information content (AvgIpc) is 3.51. The highest BCUT2D eigenvalue weighted by molar-refractivity contribution is 7.16. The van der Waals surface area contributed by atoms with Gasteiger partial charge in [-0.15, -0.1) is 11.3 Å². The molecule has 1 saturated carbocycles. The molecule has 3 heterocycles. The number of nitrogens with one attached hydrogen (secondary N) is 1. The third-order valence-corrected chi connectivity index (χ3v) is 9.59. The van der Waals surface area contributed by atoms with Gasteiger partial charge in [0.05, 0.1) is 33.8 Å². The number of hydrogen-bond acceptors (Lipinski definition) is 6. The maximum Gasteiger partial charge on any atom is 0.384 e. The van der Waals surface area contributed by atoms with Crippen molar-refractivity contribution in [1.29, 1.82) is 0 Å². The fourth-order valence-electron chi connectivity index (χ4n) is 5.73. The fraction of sp³-hybridized carbons (Fsp3) is 0.414. The Bertz CT molecular complexity index is 1410. The first-order chi connectivity index (χ1) is 19.0. The van der Waals surface area contributed by atoms with Crippen LogP contribution in [-0.2, 0) is 27.6 Å². The topological polar surface area (TPSA) is 74.8 Å². The molecule has 1 N–H and O–H groups in total. The number of carbonyl (C=O) groups is 2. The number of aromatic nitrogens is 1. The van der Waals surface area contributed by atoms with E-state index in [9.17, 15) is 18.4 Å². The molecular weight excluding hydrogens is 558 g/mol. The summed E-state index contributed by atoms with van der Waals surface area (Å²) in [6, 6.07) is 13.5. The lowest BCUT2D eigenvalue weighted by atomic mass is 9.71. The van der Waals surface area contributed by atoms with Gasteiger partial charge in [-0.2, -0.15) is 8.78 Å². The lowest BCUT2D eigenvalue weighted by Gasteiger charge is -2.47. The van der Waals surface area contributed by atoms with E-state index < -0.39 is 23.1 Å². The molecule has 1 spiro atoms. The number of alkyl halides is 2. The molecule has 40 heavy (non-hydrogen) atoms. The van der Waals surface area contributed by atoms with E-state index in [4.69, 9.17) is 16.3 Å². The Morgan fingerprint density at radius 1 is 1.18 bits per heavy atom. The van der Waals surface area contributed by atoms with Crippen molar-refractivity contribution in [2.24, 2.45) is 0 Å². The number of ether oxygens (including phenoxy) is 1. The van der Waals surface area contributed by atoms with Gasteiger partial charge in [-0.3, -0.25) is 14.8 Å². The van der Waals surface area contributed by atoms with Crippen molar-refractivity contribution in [3.05, 3.63) is 80.8 Å². The molecule has 0 atom stereocenters. The molecule has 2 aromatic heterocycles. The normalized spacial score (nSPS) is 23.1. The molecule has 7 nitrogen and oxygen atoms in total.